The van der Waals surface area contributed by atoms with Gasteiger partial charge in [0.25, 0.3) is 0 Å². The summed E-state index contributed by atoms with van der Waals surface area (Å²) in [6.07, 6.45) is -3.32. The second-order valence-corrected chi connectivity index (χ2v) is 30.7. The molecule has 0 saturated carbocycles. The van der Waals surface area contributed by atoms with Gasteiger partial charge in [0.15, 0.2) is 0 Å². The fraction of sp³-hybridized carbons (Fsp3) is 0.171. The Kier molecular flexibility index (Phi) is 36.1. The molecule has 0 amide bonds. The van der Waals surface area contributed by atoms with Crippen LogP contribution < -0.4 is 23.7 Å². The van der Waals surface area contributed by atoms with Crippen LogP contribution >= 0.6 is 0 Å². The number of aryl methyl sites for hydroxylation is 17. The van der Waals surface area contributed by atoms with Gasteiger partial charge in [-0.3, -0.25) is 0 Å². The summed E-state index contributed by atoms with van der Waals surface area (Å²) in [6.45, 7) is 34.5. The molecule has 0 aliphatic rings. The molecule has 0 bridgehead atoms. The molecule has 0 spiro atoms. The van der Waals surface area contributed by atoms with E-state index in [-0.39, 0.29) is 11.7 Å². The van der Waals surface area contributed by atoms with Crippen LogP contribution in [0.5, 0.6) is 57.5 Å². The first-order valence-electron chi connectivity index (χ1n) is 40.6. The number of hydrogen-bond donors (Lipinski definition) is 1. The minimum atomic E-state index is -4.33. The zero-order valence-corrected chi connectivity index (χ0v) is 73.3. The molecule has 0 saturated heterocycles. The van der Waals surface area contributed by atoms with Crippen LogP contribution in [-0.2, 0) is 22.2 Å². The lowest BCUT2D eigenvalue weighted by atomic mass is 9.93. The van der Waals surface area contributed by atoms with Gasteiger partial charge >= 0.3 is 18.3 Å². The lowest BCUT2D eigenvalue weighted by Gasteiger charge is -2.16. The first kappa shape index (κ1) is 94.4. The Bertz CT molecular complexity index is 5610. The first-order chi connectivity index (χ1) is 58.7. The number of aromatic carboxylic acids is 1. The molecule has 628 valence electrons. The van der Waals surface area contributed by atoms with Crippen LogP contribution in [-0.4, -0.2) is 17.2 Å². The fourth-order valence-corrected chi connectivity index (χ4v) is 12.6. The normalized spacial score (nSPS) is 10.2. The number of ether oxygens (including phenoxy) is 5. The van der Waals surface area contributed by atoms with E-state index in [9.17, 15) is 18.0 Å². The van der Waals surface area contributed by atoms with Crippen molar-refractivity contribution in [1.29, 1.82) is 0 Å². The van der Waals surface area contributed by atoms with Crippen LogP contribution in [0.25, 0.3) is 22.3 Å². The van der Waals surface area contributed by atoms with Crippen molar-refractivity contribution in [2.24, 2.45) is 0 Å². The van der Waals surface area contributed by atoms with Gasteiger partial charge in [-0.05, 0) is 301 Å². The van der Waals surface area contributed by atoms with Crippen LogP contribution in [0.1, 0.15) is 122 Å². The van der Waals surface area contributed by atoms with Gasteiger partial charge in [-0.2, -0.15) is 22.8 Å². The zero-order valence-electron chi connectivity index (χ0n) is 73.3. The molecule has 0 aliphatic heterocycles. The van der Waals surface area contributed by atoms with Gasteiger partial charge in [-0.25, -0.2) is 4.79 Å². The van der Waals surface area contributed by atoms with E-state index in [1.807, 2.05) is 239 Å². The Morgan fingerprint density at radius 2 is 0.472 bits per heavy atom. The second-order valence-electron chi connectivity index (χ2n) is 30.7. The maximum Gasteiger partial charge on any atom is 0.417 e. The second kappa shape index (κ2) is 47.1. The number of alkyl halides is 3. The lowest BCUT2D eigenvalue weighted by Crippen LogP contribution is -2.08. The third kappa shape index (κ3) is 32.5. The van der Waals surface area contributed by atoms with Crippen molar-refractivity contribution in [2.75, 3.05) is 0 Å². The smallest absolute Gasteiger partial charge is 0.417 e. The number of halogens is 3. The largest absolute Gasteiger partial charge is 0.478 e. The van der Waals surface area contributed by atoms with Crippen molar-refractivity contribution in [3.8, 4) is 79.7 Å². The molecule has 9 nitrogen and oxygen atoms in total. The van der Waals surface area contributed by atoms with Crippen LogP contribution in [0.15, 0.2) is 334 Å². The van der Waals surface area contributed by atoms with E-state index in [1.165, 1.54) is 95.1 Å². The van der Waals surface area contributed by atoms with E-state index in [2.05, 4.69) is 175 Å². The summed E-state index contributed by atoms with van der Waals surface area (Å²) >= 11 is 0. The molecule has 0 fully saturated rings. The molecule has 12 heteroatoms. The molecule has 15 aromatic carbocycles. The molecule has 0 radical (unpaired) electrons. The van der Waals surface area contributed by atoms with Crippen molar-refractivity contribution < 1.29 is 56.3 Å². The van der Waals surface area contributed by atoms with Crippen LogP contribution in [0.2, 0.25) is 0 Å². The molecule has 0 atom stereocenters. The summed E-state index contributed by atoms with van der Waals surface area (Å²) in [5.74, 6) is 7.29. The summed E-state index contributed by atoms with van der Waals surface area (Å²) in [7, 11) is 0. The van der Waals surface area contributed by atoms with Crippen molar-refractivity contribution >= 4 is 12.1 Å². The highest BCUT2D eigenvalue weighted by atomic mass is 19.4. The quantitative estimate of drug-likeness (QED) is 0.107. The number of carboxylic acid groups (broad SMARTS) is 1. The van der Waals surface area contributed by atoms with Crippen LogP contribution in [0.3, 0.4) is 0 Å². The molecule has 0 aromatic heterocycles. The Morgan fingerprint density at radius 3 is 0.740 bits per heavy atom. The summed E-state index contributed by atoms with van der Waals surface area (Å²) in [6, 6.07) is 109. The van der Waals surface area contributed by atoms with E-state index < -0.39 is 17.7 Å². The number of rotatable bonds is 15. The highest BCUT2D eigenvalue weighted by Gasteiger charge is 2.34. The fourth-order valence-electron chi connectivity index (χ4n) is 12.6. The molecule has 15 rings (SSSR count). The van der Waals surface area contributed by atoms with Crippen molar-refractivity contribution in [3.05, 3.63) is 450 Å². The third-order valence-electron chi connectivity index (χ3n) is 19.4. The van der Waals surface area contributed by atoms with Crippen LogP contribution in [0.4, 0.5) is 13.2 Å². The van der Waals surface area contributed by atoms with Gasteiger partial charge in [-0.1, -0.05) is 279 Å². The standard InChI is InChI=1S/2C20H18O2.C16H15F3.C16H16O2.C16H18.C14H14O.C8H10.CO2/c1-15-3-7-17(8-4-15)21-19-11-13-20(14-12-19)22-18-9-5-16(2)6-10-18;1-15-6-10-17(11-7-15)21-19-4-3-5-20(14-19)22-18-12-8-16(2)9-13-18;1-10-4-6-13(12(3)8-10)14-7-5-11(2)9-15(14)16(17,18)19;1-11-3-6-13(7-4-11)9-14-8-5-12(2)15(10-14)16(17)18;1-11-5-7-15(13(3)9-11)16-8-6-12(2)10-14(16)4;1-11-3-7-13(8-4-11)15-14-9-5-12(2)6-10-14;1-7-3-5-8(2)6-4-7;2-1-3/h2*3-14H,1-2H3;4-9H,1-3H3;3-8,10H,9H2,1-2H3,(H,17,18);5-10H,1-4H3;3-10H,1-2H3;3-6H,1-2H3;. The molecule has 1 N–H and O–H groups in total. The van der Waals surface area contributed by atoms with Crippen molar-refractivity contribution in [2.45, 2.75) is 130 Å². The number of hydrogen-bond acceptors (Lipinski definition) is 8. The average Bonchev–Trinajstić information content (AvgIpc) is 0.781. The van der Waals surface area contributed by atoms with Crippen LogP contribution in [0, 0.1) is 118 Å². The Labute approximate surface area is 724 Å². The van der Waals surface area contributed by atoms with Gasteiger partial charge in [0.2, 0.25) is 0 Å². The monoisotopic (exact) mass is 1640 g/mol. The predicted molar refractivity (Wildman–Crippen MR) is 495 cm³/mol. The Morgan fingerprint density at radius 1 is 0.252 bits per heavy atom. The zero-order chi connectivity index (χ0) is 89.1. The molecule has 0 aliphatic carbocycles. The van der Waals surface area contributed by atoms with Crippen molar-refractivity contribution in [1.82, 2.24) is 0 Å². The summed E-state index contributed by atoms with van der Waals surface area (Å²) in [4.78, 5) is 27.3. The third-order valence-corrected chi connectivity index (χ3v) is 19.4. The van der Waals surface area contributed by atoms with Gasteiger partial charge in [0, 0.05) is 6.07 Å². The number of carboxylic acids is 1. The Balaban J connectivity index is 0.000000179. The highest BCUT2D eigenvalue weighted by molar-refractivity contribution is 5.89. The summed E-state index contributed by atoms with van der Waals surface area (Å²) in [5, 5.41) is 9.09. The molecular formula is C111H109F3O9. The number of benzene rings is 15. The van der Waals surface area contributed by atoms with E-state index in [0.717, 1.165) is 86.2 Å². The number of carbonyl (C=O) groups is 1. The molecule has 0 unspecified atom stereocenters. The van der Waals surface area contributed by atoms with Gasteiger partial charge in [0.1, 0.15) is 57.5 Å². The molecule has 123 heavy (non-hydrogen) atoms. The molecular weight excluding hydrogens is 1530 g/mol. The van der Waals surface area contributed by atoms with E-state index in [0.29, 0.717) is 16.7 Å². The Hall–Kier alpha value is -14.1. The minimum Gasteiger partial charge on any atom is -0.478 e. The average molecular weight is 1640 g/mol. The van der Waals surface area contributed by atoms with Gasteiger partial charge < -0.3 is 28.8 Å². The maximum absolute atomic E-state index is 13.1. The lowest BCUT2D eigenvalue weighted by molar-refractivity contribution is -0.191. The first-order valence-corrected chi connectivity index (χ1v) is 40.6. The SMILES string of the molecule is Cc1ccc(-c2ccc(C)cc2C(F)(F)F)c(C)c1.Cc1ccc(-c2ccc(C)cc2C)c(C)c1.Cc1ccc(C)cc1.Cc1ccc(Cc2ccc(C)c(C(=O)O)c2)cc1.Cc1ccc(Oc2ccc(C)cc2)cc1.Cc1ccc(Oc2ccc(Oc3ccc(C)cc3)cc2)cc1.Cc1ccc(Oc2cccc(Oc3ccc(C)cc3)c2)cc1.O=C=O. The molecule has 15 aromatic rings. The minimum absolute atomic E-state index is 0.246. The number of carbonyl (C=O) groups excluding carboxylic acids is 2. The molecule has 0 heterocycles. The van der Waals surface area contributed by atoms with E-state index in [1.54, 1.807) is 31.2 Å². The van der Waals surface area contributed by atoms with Gasteiger partial charge in [0.05, 0.1) is 11.1 Å². The van der Waals surface area contributed by atoms with E-state index in [4.69, 9.17) is 38.4 Å². The highest BCUT2D eigenvalue weighted by Crippen LogP contribution is 2.40. The van der Waals surface area contributed by atoms with Gasteiger partial charge in [-0.15, -0.1) is 0 Å². The summed E-state index contributed by atoms with van der Waals surface area (Å²) < 4.78 is 68.4. The maximum atomic E-state index is 13.1. The van der Waals surface area contributed by atoms with E-state index >= 15 is 0 Å². The summed E-state index contributed by atoms with van der Waals surface area (Å²) in [5.41, 5.74) is 25.5. The topological polar surface area (TPSA) is 118 Å². The predicted octanol–water partition coefficient (Wildman–Crippen LogP) is 31.1. The van der Waals surface area contributed by atoms with Crippen molar-refractivity contribution in [3.63, 3.8) is 0 Å².